The van der Waals surface area contributed by atoms with Crippen molar-refractivity contribution in [2.24, 2.45) is 0 Å². The van der Waals surface area contributed by atoms with Gasteiger partial charge in [0.15, 0.2) is 0 Å². The summed E-state index contributed by atoms with van der Waals surface area (Å²) in [6, 6.07) is 19.2. The van der Waals surface area contributed by atoms with Crippen LogP contribution < -0.4 is 5.32 Å². The van der Waals surface area contributed by atoms with E-state index in [1.165, 1.54) is 21.7 Å². The number of nitrogens with one attached hydrogen (secondary N) is 1. The quantitative estimate of drug-likeness (QED) is 0.658. The van der Waals surface area contributed by atoms with Crippen molar-refractivity contribution < 1.29 is 0 Å². The normalized spacial score (nSPS) is 12.3. The first-order valence-electron chi connectivity index (χ1n) is 8.15. The molecule has 1 N–H and O–H groups in total. The Balaban J connectivity index is 1.71. The van der Waals surface area contributed by atoms with Crippen molar-refractivity contribution in [1.29, 1.82) is 0 Å². The van der Waals surface area contributed by atoms with Gasteiger partial charge in [-0.3, -0.25) is 0 Å². The zero-order valence-corrected chi connectivity index (χ0v) is 15.2. The van der Waals surface area contributed by atoms with Gasteiger partial charge >= 0.3 is 0 Å². The van der Waals surface area contributed by atoms with E-state index in [1.807, 2.05) is 29.1 Å². The van der Waals surface area contributed by atoms with Crippen molar-refractivity contribution in [3.63, 3.8) is 0 Å². The Kier molecular flexibility index (Phi) is 5.38. The summed E-state index contributed by atoms with van der Waals surface area (Å²) in [6.07, 6.45) is 4.08. The molecule has 0 saturated heterocycles. The SMILES string of the molecule is CSc1cccc(CN[C@H](C)c2cnn(-c3ccccc3)c2C)c1. The smallest absolute Gasteiger partial charge is 0.0648 e. The van der Waals surface area contributed by atoms with Crippen LogP contribution in [-0.2, 0) is 6.54 Å². The van der Waals surface area contributed by atoms with Gasteiger partial charge in [-0.25, -0.2) is 4.68 Å². The molecule has 3 aromatic rings. The van der Waals surface area contributed by atoms with Gasteiger partial charge in [-0.05, 0) is 49.9 Å². The molecule has 0 aliphatic rings. The first kappa shape index (κ1) is 16.8. The Morgan fingerprint density at radius 2 is 1.92 bits per heavy atom. The van der Waals surface area contributed by atoms with E-state index in [-0.39, 0.29) is 6.04 Å². The molecule has 1 heterocycles. The highest BCUT2D eigenvalue weighted by atomic mass is 32.2. The molecular weight excluding hydrogens is 314 g/mol. The summed E-state index contributed by atoms with van der Waals surface area (Å²) in [5, 5.41) is 8.17. The molecule has 0 bridgehead atoms. The molecule has 0 radical (unpaired) electrons. The molecule has 2 aromatic carbocycles. The molecular formula is C20H23N3S. The van der Waals surface area contributed by atoms with Crippen LogP contribution in [0.2, 0.25) is 0 Å². The van der Waals surface area contributed by atoms with Gasteiger partial charge in [0, 0.05) is 28.7 Å². The van der Waals surface area contributed by atoms with E-state index < -0.39 is 0 Å². The fraction of sp³-hybridized carbons (Fsp3) is 0.250. The second-order valence-electron chi connectivity index (χ2n) is 5.89. The number of hydrogen-bond acceptors (Lipinski definition) is 3. The van der Waals surface area contributed by atoms with Crippen LogP contribution in [0.5, 0.6) is 0 Å². The predicted molar refractivity (Wildman–Crippen MR) is 102 cm³/mol. The monoisotopic (exact) mass is 337 g/mol. The van der Waals surface area contributed by atoms with Crippen molar-refractivity contribution in [3.05, 3.63) is 77.6 Å². The summed E-state index contributed by atoms with van der Waals surface area (Å²) in [4.78, 5) is 1.30. The molecule has 3 rings (SSSR count). The van der Waals surface area contributed by atoms with Gasteiger partial charge < -0.3 is 5.32 Å². The Morgan fingerprint density at radius 1 is 1.12 bits per heavy atom. The zero-order valence-electron chi connectivity index (χ0n) is 14.4. The Labute approximate surface area is 148 Å². The largest absolute Gasteiger partial charge is 0.306 e. The molecule has 0 aliphatic heterocycles. The number of nitrogens with zero attached hydrogens (tertiary/aromatic N) is 2. The fourth-order valence-corrected chi connectivity index (χ4v) is 3.32. The molecule has 1 aromatic heterocycles. The van der Waals surface area contributed by atoms with Crippen molar-refractivity contribution in [3.8, 4) is 5.69 Å². The van der Waals surface area contributed by atoms with Crippen LogP contribution in [0, 0.1) is 6.92 Å². The van der Waals surface area contributed by atoms with E-state index >= 15 is 0 Å². The van der Waals surface area contributed by atoms with E-state index in [0.717, 1.165) is 12.2 Å². The average Bonchev–Trinajstić information content (AvgIpc) is 3.02. The van der Waals surface area contributed by atoms with Crippen molar-refractivity contribution in [2.45, 2.75) is 31.3 Å². The summed E-state index contributed by atoms with van der Waals surface area (Å²) in [5.74, 6) is 0. The summed E-state index contributed by atoms with van der Waals surface area (Å²) < 4.78 is 2.00. The number of thioether (sulfide) groups is 1. The number of hydrogen-bond donors (Lipinski definition) is 1. The standard InChI is InChI=1S/C20H23N3S/c1-15(21-13-17-8-7-11-19(12-17)24-3)20-14-22-23(16(20)2)18-9-5-4-6-10-18/h4-12,14-15,21H,13H2,1-3H3/t15-/m1/s1. The zero-order chi connectivity index (χ0) is 16.9. The van der Waals surface area contributed by atoms with Gasteiger partial charge in [0.2, 0.25) is 0 Å². The molecule has 3 nitrogen and oxygen atoms in total. The van der Waals surface area contributed by atoms with Gasteiger partial charge in [-0.1, -0.05) is 30.3 Å². The lowest BCUT2D eigenvalue weighted by Gasteiger charge is -2.14. The van der Waals surface area contributed by atoms with Crippen molar-refractivity contribution in [1.82, 2.24) is 15.1 Å². The highest BCUT2D eigenvalue weighted by Gasteiger charge is 2.13. The molecule has 24 heavy (non-hydrogen) atoms. The highest BCUT2D eigenvalue weighted by molar-refractivity contribution is 7.98. The summed E-state index contributed by atoms with van der Waals surface area (Å²) in [7, 11) is 0. The van der Waals surface area contributed by atoms with E-state index in [0.29, 0.717) is 0 Å². The highest BCUT2D eigenvalue weighted by Crippen LogP contribution is 2.21. The number of rotatable bonds is 6. The van der Waals surface area contributed by atoms with Gasteiger partial charge in [0.25, 0.3) is 0 Å². The van der Waals surface area contributed by atoms with E-state index in [1.54, 1.807) is 11.8 Å². The fourth-order valence-electron chi connectivity index (χ4n) is 2.84. The maximum absolute atomic E-state index is 4.56. The molecule has 0 aliphatic carbocycles. The summed E-state index contributed by atoms with van der Waals surface area (Å²) >= 11 is 1.78. The minimum absolute atomic E-state index is 0.250. The molecule has 1 atom stereocenters. The van der Waals surface area contributed by atoms with Crippen LogP contribution in [0.4, 0.5) is 0 Å². The molecule has 0 spiro atoms. The molecule has 4 heteroatoms. The number of benzene rings is 2. The lowest BCUT2D eigenvalue weighted by atomic mass is 10.1. The van der Waals surface area contributed by atoms with E-state index in [4.69, 9.17) is 0 Å². The third kappa shape index (κ3) is 3.71. The van der Waals surface area contributed by atoms with Crippen LogP contribution in [0.15, 0.2) is 65.7 Å². The third-order valence-electron chi connectivity index (χ3n) is 4.26. The predicted octanol–water partition coefficient (Wildman–Crippen LogP) is 4.75. The van der Waals surface area contributed by atoms with Crippen LogP contribution in [0.3, 0.4) is 0 Å². The molecule has 124 valence electrons. The minimum atomic E-state index is 0.250. The Morgan fingerprint density at radius 3 is 2.67 bits per heavy atom. The molecule has 0 amide bonds. The second-order valence-corrected chi connectivity index (χ2v) is 6.77. The maximum atomic E-state index is 4.56. The van der Waals surface area contributed by atoms with Crippen molar-refractivity contribution >= 4 is 11.8 Å². The lowest BCUT2D eigenvalue weighted by Crippen LogP contribution is -2.18. The molecule has 0 saturated carbocycles. The number of aromatic nitrogens is 2. The molecule has 0 unspecified atom stereocenters. The van der Waals surface area contributed by atoms with Gasteiger partial charge in [-0.15, -0.1) is 11.8 Å². The van der Waals surface area contributed by atoms with Gasteiger partial charge in [-0.2, -0.15) is 5.10 Å². The second kappa shape index (κ2) is 7.69. The van der Waals surface area contributed by atoms with Gasteiger partial charge in [0.05, 0.1) is 11.9 Å². The Bertz CT molecular complexity index is 796. The first-order chi connectivity index (χ1) is 11.7. The van der Waals surface area contributed by atoms with Crippen molar-refractivity contribution in [2.75, 3.05) is 6.26 Å². The third-order valence-corrected chi connectivity index (χ3v) is 4.99. The van der Waals surface area contributed by atoms with Crippen LogP contribution in [0.1, 0.15) is 29.8 Å². The van der Waals surface area contributed by atoms with Crippen LogP contribution in [-0.4, -0.2) is 16.0 Å². The summed E-state index contributed by atoms with van der Waals surface area (Å²) in [6.45, 7) is 5.17. The molecule has 0 fully saturated rings. The first-order valence-corrected chi connectivity index (χ1v) is 9.38. The number of para-hydroxylation sites is 1. The van der Waals surface area contributed by atoms with E-state index in [9.17, 15) is 0 Å². The maximum Gasteiger partial charge on any atom is 0.0648 e. The average molecular weight is 337 g/mol. The minimum Gasteiger partial charge on any atom is -0.306 e. The summed E-state index contributed by atoms with van der Waals surface area (Å²) in [5.41, 5.74) is 4.82. The van der Waals surface area contributed by atoms with Gasteiger partial charge in [0.1, 0.15) is 0 Å². The topological polar surface area (TPSA) is 29.9 Å². The van der Waals surface area contributed by atoms with Crippen LogP contribution in [0.25, 0.3) is 5.69 Å². The lowest BCUT2D eigenvalue weighted by molar-refractivity contribution is 0.571. The Hall–Kier alpha value is -2.04. The van der Waals surface area contributed by atoms with Crippen LogP contribution >= 0.6 is 11.8 Å². The van der Waals surface area contributed by atoms with E-state index in [2.05, 4.69) is 66.9 Å².